The van der Waals surface area contributed by atoms with Crippen molar-refractivity contribution in [1.82, 2.24) is 15.0 Å². The summed E-state index contributed by atoms with van der Waals surface area (Å²) in [5.74, 6) is 0.963. The van der Waals surface area contributed by atoms with Gasteiger partial charge in [0, 0.05) is 29.7 Å². The van der Waals surface area contributed by atoms with Crippen LogP contribution in [0.2, 0.25) is 5.15 Å². The van der Waals surface area contributed by atoms with Gasteiger partial charge in [-0.1, -0.05) is 23.7 Å². The summed E-state index contributed by atoms with van der Waals surface area (Å²) in [6.45, 7) is 0. The number of halogens is 2. The highest BCUT2D eigenvalue weighted by Gasteiger charge is 2.15. The van der Waals surface area contributed by atoms with Gasteiger partial charge in [-0.25, -0.2) is 19.4 Å². The zero-order valence-electron chi connectivity index (χ0n) is 12.1. The van der Waals surface area contributed by atoms with Gasteiger partial charge in [0.2, 0.25) is 5.95 Å². The van der Waals surface area contributed by atoms with E-state index in [-0.39, 0.29) is 0 Å². The Balaban J connectivity index is 1.99. The molecule has 0 bridgehead atoms. The van der Waals surface area contributed by atoms with E-state index in [2.05, 4.69) is 15.0 Å². The summed E-state index contributed by atoms with van der Waals surface area (Å²) in [6.07, 6.45) is 3.26. The zero-order valence-corrected chi connectivity index (χ0v) is 13.7. The maximum Gasteiger partial charge on any atom is 0.245 e. The number of benzene rings is 1. The van der Waals surface area contributed by atoms with Crippen LogP contribution in [0.3, 0.4) is 0 Å². The second-order valence-corrected chi connectivity index (χ2v) is 5.29. The minimum Gasteiger partial charge on any atom is -0.495 e. The summed E-state index contributed by atoms with van der Waals surface area (Å²) in [7, 11) is 1.58. The van der Waals surface area contributed by atoms with E-state index in [4.69, 9.17) is 28.1 Å². The molecule has 1 aromatic carbocycles. The molecule has 0 spiro atoms. The first kappa shape index (κ1) is 15.5. The molecule has 0 N–H and O–H groups in total. The van der Waals surface area contributed by atoms with Gasteiger partial charge in [-0.3, -0.25) is 0 Å². The molecule has 0 aliphatic carbocycles. The van der Waals surface area contributed by atoms with Crippen molar-refractivity contribution in [3.8, 4) is 17.0 Å². The average molecular weight is 347 g/mol. The lowest BCUT2D eigenvalue weighted by atomic mass is 10.2. The van der Waals surface area contributed by atoms with E-state index in [0.29, 0.717) is 28.2 Å². The number of hydrogen-bond donors (Lipinski definition) is 0. The minimum atomic E-state index is 0.335. The molecule has 0 saturated carbocycles. The number of para-hydroxylation sites is 2. The first-order chi connectivity index (χ1) is 11.2. The minimum absolute atomic E-state index is 0.335. The molecule has 3 aromatic rings. The first-order valence-corrected chi connectivity index (χ1v) is 7.44. The second kappa shape index (κ2) is 6.81. The standard InChI is InChI=1S/C16H12Cl2N4O/c1-23-14-5-3-2-4-13(14)22(18)16-20-9-7-12(21-16)11-6-8-19-15(17)10-11/h2-10H,1H3. The van der Waals surface area contributed by atoms with Crippen LogP contribution < -0.4 is 9.16 Å². The molecule has 23 heavy (non-hydrogen) atoms. The third kappa shape index (κ3) is 3.36. The smallest absolute Gasteiger partial charge is 0.245 e. The largest absolute Gasteiger partial charge is 0.495 e. The Bertz CT molecular complexity index is 828. The fourth-order valence-corrected chi connectivity index (χ4v) is 2.46. The summed E-state index contributed by atoms with van der Waals surface area (Å²) in [6, 6.07) is 12.7. The van der Waals surface area contributed by atoms with E-state index >= 15 is 0 Å². The van der Waals surface area contributed by atoms with Crippen LogP contribution in [-0.4, -0.2) is 22.1 Å². The van der Waals surface area contributed by atoms with Gasteiger partial charge >= 0.3 is 0 Å². The van der Waals surface area contributed by atoms with E-state index < -0.39 is 0 Å². The molecule has 0 fully saturated rings. The van der Waals surface area contributed by atoms with Crippen molar-refractivity contribution in [2.45, 2.75) is 0 Å². The predicted molar refractivity (Wildman–Crippen MR) is 91.3 cm³/mol. The number of rotatable bonds is 4. The Morgan fingerprint density at radius 2 is 1.83 bits per heavy atom. The summed E-state index contributed by atoms with van der Waals surface area (Å²) in [5.41, 5.74) is 2.18. The van der Waals surface area contributed by atoms with Gasteiger partial charge in [0.15, 0.2) is 0 Å². The third-order valence-corrected chi connectivity index (χ3v) is 3.68. The fraction of sp³-hybridized carbons (Fsp3) is 0.0625. The number of pyridine rings is 1. The highest BCUT2D eigenvalue weighted by molar-refractivity contribution is 6.29. The third-order valence-electron chi connectivity index (χ3n) is 3.14. The van der Waals surface area contributed by atoms with Crippen molar-refractivity contribution in [3.63, 3.8) is 0 Å². The van der Waals surface area contributed by atoms with Gasteiger partial charge in [-0.15, -0.1) is 0 Å². The molecular weight excluding hydrogens is 335 g/mol. The van der Waals surface area contributed by atoms with Gasteiger partial charge < -0.3 is 4.74 Å². The average Bonchev–Trinajstić information content (AvgIpc) is 2.61. The highest BCUT2D eigenvalue weighted by Crippen LogP contribution is 2.34. The van der Waals surface area contributed by atoms with Crippen LogP contribution in [0.25, 0.3) is 11.3 Å². The topological polar surface area (TPSA) is 51.1 Å². The second-order valence-electron chi connectivity index (χ2n) is 4.56. The molecule has 0 aliphatic rings. The summed E-state index contributed by atoms with van der Waals surface area (Å²) < 4.78 is 6.66. The zero-order chi connectivity index (χ0) is 16.2. The Morgan fingerprint density at radius 3 is 2.61 bits per heavy atom. The first-order valence-electron chi connectivity index (χ1n) is 6.73. The summed E-state index contributed by atoms with van der Waals surface area (Å²) in [5, 5.41) is 0.398. The number of hydrogen-bond acceptors (Lipinski definition) is 5. The Hall–Kier alpha value is -2.37. The van der Waals surface area contributed by atoms with Gasteiger partial charge in [-0.2, -0.15) is 0 Å². The predicted octanol–water partition coefficient (Wildman–Crippen LogP) is 4.49. The monoisotopic (exact) mass is 346 g/mol. The molecule has 116 valence electrons. The molecule has 0 atom stereocenters. The molecule has 0 aliphatic heterocycles. The van der Waals surface area contributed by atoms with Crippen molar-refractivity contribution in [2.75, 3.05) is 11.5 Å². The van der Waals surface area contributed by atoms with Crippen LogP contribution >= 0.6 is 23.4 Å². The number of aromatic nitrogens is 3. The molecule has 3 rings (SSSR count). The molecule has 7 heteroatoms. The van der Waals surface area contributed by atoms with Crippen molar-refractivity contribution < 1.29 is 4.74 Å². The van der Waals surface area contributed by atoms with Gasteiger partial charge in [-0.05, 0) is 30.3 Å². The van der Waals surface area contributed by atoms with Crippen molar-refractivity contribution in [3.05, 3.63) is 60.0 Å². The van der Waals surface area contributed by atoms with Crippen LogP contribution in [0.4, 0.5) is 11.6 Å². The molecule has 0 radical (unpaired) electrons. The van der Waals surface area contributed by atoms with Crippen LogP contribution in [0.1, 0.15) is 0 Å². The van der Waals surface area contributed by atoms with Crippen LogP contribution in [0, 0.1) is 0 Å². The summed E-state index contributed by atoms with van der Waals surface area (Å²) >= 11 is 12.3. The van der Waals surface area contributed by atoms with E-state index in [0.717, 1.165) is 5.56 Å². The number of anilines is 2. The lowest BCUT2D eigenvalue weighted by molar-refractivity contribution is 0.416. The molecular formula is C16H12Cl2N4O. The van der Waals surface area contributed by atoms with Crippen LogP contribution in [0.15, 0.2) is 54.9 Å². The normalized spacial score (nSPS) is 10.4. The Morgan fingerprint density at radius 1 is 1.04 bits per heavy atom. The van der Waals surface area contributed by atoms with E-state index in [1.807, 2.05) is 30.3 Å². The molecule has 2 heterocycles. The van der Waals surface area contributed by atoms with Crippen LogP contribution in [-0.2, 0) is 0 Å². The number of nitrogens with zero attached hydrogens (tertiary/aromatic N) is 4. The van der Waals surface area contributed by atoms with E-state index in [9.17, 15) is 0 Å². The van der Waals surface area contributed by atoms with E-state index in [1.165, 1.54) is 4.42 Å². The lowest BCUT2D eigenvalue weighted by Gasteiger charge is -2.17. The molecule has 0 unspecified atom stereocenters. The molecule has 2 aromatic heterocycles. The number of methoxy groups -OCH3 is 1. The molecule has 0 saturated heterocycles. The number of ether oxygens (including phenoxy) is 1. The Labute approximate surface area is 143 Å². The maximum absolute atomic E-state index is 6.40. The van der Waals surface area contributed by atoms with Gasteiger partial charge in [0.1, 0.15) is 16.6 Å². The van der Waals surface area contributed by atoms with Crippen molar-refractivity contribution >= 4 is 35.0 Å². The quantitative estimate of drug-likeness (QED) is 0.514. The van der Waals surface area contributed by atoms with Gasteiger partial charge in [0.25, 0.3) is 0 Å². The van der Waals surface area contributed by atoms with E-state index in [1.54, 1.807) is 31.6 Å². The maximum atomic E-state index is 6.40. The fourth-order valence-electron chi connectivity index (χ4n) is 2.07. The molecule has 0 amide bonds. The lowest BCUT2D eigenvalue weighted by Crippen LogP contribution is -2.08. The van der Waals surface area contributed by atoms with Crippen molar-refractivity contribution in [2.24, 2.45) is 0 Å². The van der Waals surface area contributed by atoms with Crippen molar-refractivity contribution in [1.29, 1.82) is 0 Å². The Kier molecular flexibility index (Phi) is 4.60. The SMILES string of the molecule is COc1ccccc1N(Cl)c1nccc(-c2ccnc(Cl)c2)n1. The molecule has 5 nitrogen and oxygen atoms in total. The summed E-state index contributed by atoms with van der Waals surface area (Å²) in [4.78, 5) is 12.7. The highest BCUT2D eigenvalue weighted by atomic mass is 35.5. The van der Waals surface area contributed by atoms with Crippen LogP contribution in [0.5, 0.6) is 5.75 Å². The van der Waals surface area contributed by atoms with Gasteiger partial charge in [0.05, 0.1) is 12.8 Å².